The number of rotatable bonds is 6. The van der Waals surface area contributed by atoms with Crippen molar-refractivity contribution in [3.63, 3.8) is 0 Å². The third kappa shape index (κ3) is 4.48. The normalized spacial score (nSPS) is 19.5. The van der Waals surface area contributed by atoms with Gasteiger partial charge in [-0.1, -0.05) is 6.08 Å². The summed E-state index contributed by atoms with van der Waals surface area (Å²) in [5.74, 6) is 0.949. The van der Waals surface area contributed by atoms with Gasteiger partial charge in [-0.25, -0.2) is 8.42 Å². The van der Waals surface area contributed by atoms with Gasteiger partial charge < -0.3 is 14.8 Å². The van der Waals surface area contributed by atoms with Crippen molar-refractivity contribution in [3.8, 4) is 11.5 Å². The number of ether oxygens (including phenoxy) is 2. The van der Waals surface area contributed by atoms with Crippen molar-refractivity contribution in [3.05, 3.63) is 30.9 Å². The lowest BCUT2D eigenvalue weighted by molar-refractivity contribution is -0.126. The van der Waals surface area contributed by atoms with E-state index in [2.05, 4.69) is 11.9 Å². The minimum absolute atomic E-state index is 0.0842. The molecule has 2 aliphatic rings. The van der Waals surface area contributed by atoms with E-state index in [1.54, 1.807) is 18.2 Å². The van der Waals surface area contributed by atoms with Gasteiger partial charge in [-0.05, 0) is 19.1 Å². The molecule has 1 amide bonds. The van der Waals surface area contributed by atoms with Gasteiger partial charge >= 0.3 is 0 Å². The van der Waals surface area contributed by atoms with Crippen LogP contribution in [0, 0.1) is 0 Å². The Balaban J connectivity index is 1.65. The highest BCUT2D eigenvalue weighted by Crippen LogP contribution is 2.33. The number of carbonyl (C=O) groups is 1. The molecule has 0 aliphatic carbocycles. The number of nitrogens with zero attached hydrogens (tertiary/aromatic N) is 2. The summed E-state index contributed by atoms with van der Waals surface area (Å²) in [5.41, 5.74) is 0. The number of fused-ring (bicyclic) bond motifs is 1. The zero-order valence-corrected chi connectivity index (χ0v) is 16.9. The third-order valence-corrected chi connectivity index (χ3v) is 6.87. The summed E-state index contributed by atoms with van der Waals surface area (Å²) in [5, 5.41) is 2.77. The Morgan fingerprint density at radius 2 is 1.89 bits per heavy atom. The largest absolute Gasteiger partial charge is 0.490 e. The lowest BCUT2D eigenvalue weighted by Gasteiger charge is -2.36. The second kappa shape index (κ2) is 8.93. The smallest absolute Gasteiger partial charge is 0.243 e. The highest BCUT2D eigenvalue weighted by molar-refractivity contribution is 7.89. The molecule has 3 rings (SSSR count). The molecule has 0 unspecified atom stereocenters. The van der Waals surface area contributed by atoms with Crippen LogP contribution in [0.5, 0.6) is 11.5 Å². The number of nitrogens with one attached hydrogen (secondary N) is 1. The molecule has 1 N–H and O–H groups in total. The van der Waals surface area contributed by atoms with Crippen molar-refractivity contribution >= 4 is 15.9 Å². The molecule has 8 nitrogen and oxygen atoms in total. The molecule has 0 radical (unpaired) electrons. The summed E-state index contributed by atoms with van der Waals surface area (Å²) in [4.78, 5) is 14.3. The first-order valence-electron chi connectivity index (χ1n) is 9.46. The van der Waals surface area contributed by atoms with Crippen LogP contribution in [0.2, 0.25) is 0 Å². The predicted molar refractivity (Wildman–Crippen MR) is 105 cm³/mol. The van der Waals surface area contributed by atoms with Crippen molar-refractivity contribution < 1.29 is 22.7 Å². The lowest BCUT2D eigenvalue weighted by atomic mass is 10.2. The van der Waals surface area contributed by atoms with Gasteiger partial charge in [0.05, 0.1) is 24.2 Å². The fourth-order valence-corrected chi connectivity index (χ4v) is 4.71. The molecule has 0 spiro atoms. The molecule has 2 heterocycles. The molecular formula is C19H27N3O5S. The average molecular weight is 410 g/mol. The summed E-state index contributed by atoms with van der Waals surface area (Å²) < 4.78 is 38.7. The summed E-state index contributed by atoms with van der Waals surface area (Å²) in [6.45, 7) is 8.53. The van der Waals surface area contributed by atoms with Crippen LogP contribution < -0.4 is 14.8 Å². The van der Waals surface area contributed by atoms with Crippen molar-refractivity contribution in [1.82, 2.24) is 14.5 Å². The number of hydrogen-bond acceptors (Lipinski definition) is 6. The number of sulfonamides is 1. The number of hydrogen-bond donors (Lipinski definition) is 1. The van der Waals surface area contributed by atoms with Gasteiger partial charge in [0.2, 0.25) is 15.9 Å². The van der Waals surface area contributed by atoms with E-state index in [1.807, 2.05) is 11.8 Å². The fourth-order valence-electron chi connectivity index (χ4n) is 3.27. The summed E-state index contributed by atoms with van der Waals surface area (Å²) >= 11 is 0. The van der Waals surface area contributed by atoms with Gasteiger partial charge in [0.15, 0.2) is 11.5 Å². The Bertz CT molecular complexity index is 819. The van der Waals surface area contributed by atoms with Crippen LogP contribution in [0.4, 0.5) is 0 Å². The molecule has 0 aromatic heterocycles. The van der Waals surface area contributed by atoms with Crippen LogP contribution in [0.25, 0.3) is 0 Å². The monoisotopic (exact) mass is 409 g/mol. The molecule has 1 aromatic carbocycles. The Morgan fingerprint density at radius 1 is 1.21 bits per heavy atom. The van der Waals surface area contributed by atoms with E-state index in [0.29, 0.717) is 57.4 Å². The predicted octanol–water partition coefficient (Wildman–Crippen LogP) is 0.845. The topological polar surface area (TPSA) is 88.2 Å². The zero-order chi connectivity index (χ0) is 20.1. The number of amides is 1. The highest BCUT2D eigenvalue weighted by atomic mass is 32.2. The van der Waals surface area contributed by atoms with Gasteiger partial charge in [0, 0.05) is 45.2 Å². The number of benzene rings is 1. The zero-order valence-electron chi connectivity index (χ0n) is 16.1. The minimum atomic E-state index is -3.63. The van der Waals surface area contributed by atoms with Crippen LogP contribution in [-0.2, 0) is 14.8 Å². The Hall–Kier alpha value is -2.10. The summed E-state index contributed by atoms with van der Waals surface area (Å²) in [6, 6.07) is 4.42. The molecule has 1 aromatic rings. The van der Waals surface area contributed by atoms with Gasteiger partial charge in [0.1, 0.15) is 0 Å². The molecule has 1 atom stereocenters. The second-order valence-electron chi connectivity index (χ2n) is 6.81. The van der Waals surface area contributed by atoms with Crippen LogP contribution in [0.15, 0.2) is 35.7 Å². The maximum absolute atomic E-state index is 13.0. The van der Waals surface area contributed by atoms with Crippen LogP contribution in [-0.4, -0.2) is 75.5 Å². The van der Waals surface area contributed by atoms with Crippen molar-refractivity contribution in [2.24, 2.45) is 0 Å². The lowest BCUT2D eigenvalue weighted by Crippen LogP contribution is -2.54. The van der Waals surface area contributed by atoms with Crippen LogP contribution in [0.3, 0.4) is 0 Å². The van der Waals surface area contributed by atoms with E-state index in [-0.39, 0.29) is 16.8 Å². The molecule has 0 saturated carbocycles. The Kier molecular flexibility index (Phi) is 6.58. The van der Waals surface area contributed by atoms with E-state index in [0.717, 1.165) is 6.42 Å². The quantitative estimate of drug-likeness (QED) is 0.701. The molecule has 154 valence electrons. The average Bonchev–Trinajstić information content (AvgIpc) is 2.96. The summed E-state index contributed by atoms with van der Waals surface area (Å²) in [6.07, 6.45) is 2.39. The minimum Gasteiger partial charge on any atom is -0.490 e. The molecule has 9 heteroatoms. The van der Waals surface area contributed by atoms with Gasteiger partial charge in [-0.2, -0.15) is 4.31 Å². The molecule has 28 heavy (non-hydrogen) atoms. The molecule has 1 fully saturated rings. The van der Waals surface area contributed by atoms with Gasteiger partial charge in [-0.15, -0.1) is 6.58 Å². The molecular weight excluding hydrogens is 382 g/mol. The first-order valence-corrected chi connectivity index (χ1v) is 10.9. The summed E-state index contributed by atoms with van der Waals surface area (Å²) in [7, 11) is -3.63. The standard InChI is InChI=1S/C19H27N3O5S/c1-3-7-20-19(23)15(2)21-8-10-22(11-9-21)28(24,25)16-5-6-17-18(14-16)27-13-4-12-26-17/h3,5-6,14-15H,1,4,7-13H2,2H3,(H,20,23)/t15-/m0/s1. The SMILES string of the molecule is C=CCNC(=O)[C@H](C)N1CCN(S(=O)(=O)c2ccc3c(c2)OCCCO3)CC1. The molecule has 2 aliphatic heterocycles. The van der Waals surface area contributed by atoms with Gasteiger partial charge in [-0.3, -0.25) is 9.69 Å². The number of piperazine rings is 1. The van der Waals surface area contributed by atoms with Crippen molar-refractivity contribution in [2.75, 3.05) is 45.9 Å². The molecule has 0 bridgehead atoms. The maximum Gasteiger partial charge on any atom is 0.243 e. The molecule has 1 saturated heterocycles. The van der Waals surface area contributed by atoms with Crippen LogP contribution >= 0.6 is 0 Å². The van der Waals surface area contributed by atoms with E-state index in [1.165, 1.54) is 10.4 Å². The first kappa shape index (κ1) is 20.6. The van der Waals surface area contributed by atoms with E-state index >= 15 is 0 Å². The van der Waals surface area contributed by atoms with Crippen LogP contribution in [0.1, 0.15) is 13.3 Å². The Morgan fingerprint density at radius 3 is 2.57 bits per heavy atom. The fraction of sp³-hybridized carbons (Fsp3) is 0.526. The Labute approximate surface area is 166 Å². The van der Waals surface area contributed by atoms with E-state index < -0.39 is 10.0 Å². The second-order valence-corrected chi connectivity index (χ2v) is 8.75. The third-order valence-electron chi connectivity index (χ3n) is 4.98. The van der Waals surface area contributed by atoms with E-state index in [9.17, 15) is 13.2 Å². The van der Waals surface area contributed by atoms with Crippen molar-refractivity contribution in [1.29, 1.82) is 0 Å². The van der Waals surface area contributed by atoms with Crippen molar-refractivity contribution in [2.45, 2.75) is 24.3 Å². The maximum atomic E-state index is 13.0. The first-order chi connectivity index (χ1) is 13.4. The van der Waals surface area contributed by atoms with E-state index in [4.69, 9.17) is 9.47 Å². The number of carbonyl (C=O) groups excluding carboxylic acids is 1. The van der Waals surface area contributed by atoms with Gasteiger partial charge in [0.25, 0.3) is 0 Å². The highest BCUT2D eigenvalue weighted by Gasteiger charge is 2.32.